The summed E-state index contributed by atoms with van der Waals surface area (Å²) in [5.41, 5.74) is 7.37. The highest BCUT2D eigenvalue weighted by molar-refractivity contribution is 5.94. The molecular weight excluding hydrogens is 270 g/mol. The van der Waals surface area contributed by atoms with Gasteiger partial charge in [0.1, 0.15) is 11.6 Å². The zero-order valence-corrected chi connectivity index (χ0v) is 11.5. The van der Waals surface area contributed by atoms with Gasteiger partial charge in [-0.3, -0.25) is 4.79 Å². The third-order valence-electron chi connectivity index (χ3n) is 3.58. The van der Waals surface area contributed by atoms with E-state index in [9.17, 15) is 9.90 Å². The number of nitrogens with one attached hydrogen (secondary N) is 1. The summed E-state index contributed by atoms with van der Waals surface area (Å²) in [6, 6.07) is 8.68. The van der Waals surface area contributed by atoms with E-state index in [0.29, 0.717) is 23.8 Å². The molecule has 108 valence electrons. The smallest absolute Gasteiger partial charge is 0.226 e. The predicted molar refractivity (Wildman–Crippen MR) is 78.4 cm³/mol. The van der Waals surface area contributed by atoms with Crippen LogP contribution in [0.5, 0.6) is 11.5 Å². The SMILES string of the molecule is COc1ccc(C2CC(=O)Nc3nc(N)ccc32)cc1O. The first-order valence-electron chi connectivity index (χ1n) is 6.51. The number of rotatable bonds is 2. The summed E-state index contributed by atoms with van der Waals surface area (Å²) in [6.07, 6.45) is 0.296. The Morgan fingerprint density at radius 3 is 2.90 bits per heavy atom. The number of hydrogen-bond acceptors (Lipinski definition) is 5. The van der Waals surface area contributed by atoms with Gasteiger partial charge in [-0.1, -0.05) is 12.1 Å². The van der Waals surface area contributed by atoms with Crippen LogP contribution < -0.4 is 15.8 Å². The summed E-state index contributed by atoms with van der Waals surface area (Å²) in [5.74, 6) is 0.985. The first-order valence-corrected chi connectivity index (χ1v) is 6.51. The standard InChI is InChI=1S/C15H15N3O3/c1-21-12-4-2-8(6-11(12)19)10-7-14(20)18-15-9(10)3-5-13(16)17-15/h2-6,10,19H,7H2,1H3,(H3,16,17,18,20). The topological polar surface area (TPSA) is 97.5 Å². The lowest BCUT2D eigenvalue weighted by Gasteiger charge is -2.25. The molecule has 21 heavy (non-hydrogen) atoms. The van der Waals surface area contributed by atoms with Gasteiger partial charge in [0.15, 0.2) is 11.5 Å². The Hall–Kier alpha value is -2.76. The number of nitrogen functional groups attached to an aromatic ring is 1. The van der Waals surface area contributed by atoms with Crippen LogP contribution in [0.2, 0.25) is 0 Å². The molecule has 0 radical (unpaired) electrons. The monoisotopic (exact) mass is 285 g/mol. The van der Waals surface area contributed by atoms with Crippen molar-refractivity contribution in [1.29, 1.82) is 0 Å². The molecule has 1 unspecified atom stereocenters. The van der Waals surface area contributed by atoms with Crippen molar-refractivity contribution in [3.8, 4) is 11.5 Å². The highest BCUT2D eigenvalue weighted by Gasteiger charge is 2.28. The van der Waals surface area contributed by atoms with Crippen LogP contribution in [0.25, 0.3) is 0 Å². The Morgan fingerprint density at radius 1 is 1.38 bits per heavy atom. The molecule has 0 saturated carbocycles. The van der Waals surface area contributed by atoms with Crippen molar-refractivity contribution < 1.29 is 14.6 Å². The number of fused-ring (bicyclic) bond motifs is 1. The number of hydrogen-bond donors (Lipinski definition) is 3. The molecule has 3 rings (SSSR count). The second-order valence-electron chi connectivity index (χ2n) is 4.91. The minimum atomic E-state index is -0.168. The normalized spacial score (nSPS) is 17.0. The molecule has 1 aliphatic heterocycles. The molecule has 0 spiro atoms. The zero-order chi connectivity index (χ0) is 15.0. The fourth-order valence-corrected chi connectivity index (χ4v) is 2.57. The van der Waals surface area contributed by atoms with Crippen LogP contribution in [-0.2, 0) is 4.79 Å². The summed E-state index contributed by atoms with van der Waals surface area (Å²) < 4.78 is 5.04. The van der Waals surface area contributed by atoms with Gasteiger partial charge in [0, 0.05) is 17.9 Å². The minimum absolute atomic E-state index is 0.0472. The molecule has 4 N–H and O–H groups in total. The molecule has 0 bridgehead atoms. The van der Waals surface area contributed by atoms with Crippen LogP contribution in [0, 0.1) is 0 Å². The maximum absolute atomic E-state index is 11.8. The van der Waals surface area contributed by atoms with E-state index in [4.69, 9.17) is 10.5 Å². The Bertz CT molecular complexity index is 715. The summed E-state index contributed by atoms with van der Waals surface area (Å²) >= 11 is 0. The second kappa shape index (κ2) is 4.97. The number of aromatic nitrogens is 1. The fraction of sp³-hybridized carbons (Fsp3) is 0.200. The van der Waals surface area contributed by atoms with Crippen molar-refractivity contribution in [3.63, 3.8) is 0 Å². The number of nitrogens with two attached hydrogens (primary N) is 1. The van der Waals surface area contributed by atoms with Crippen molar-refractivity contribution >= 4 is 17.5 Å². The molecule has 1 aromatic carbocycles. The molecule has 0 aliphatic carbocycles. The van der Waals surface area contributed by atoms with E-state index in [-0.39, 0.29) is 17.6 Å². The average Bonchev–Trinajstić information content (AvgIpc) is 2.45. The Labute approximate surface area is 121 Å². The number of aromatic hydroxyl groups is 1. The lowest BCUT2D eigenvalue weighted by molar-refractivity contribution is -0.116. The van der Waals surface area contributed by atoms with Crippen molar-refractivity contribution in [2.24, 2.45) is 0 Å². The van der Waals surface area contributed by atoms with E-state index in [1.54, 1.807) is 18.2 Å². The van der Waals surface area contributed by atoms with Crippen LogP contribution in [0.3, 0.4) is 0 Å². The third-order valence-corrected chi connectivity index (χ3v) is 3.58. The van der Waals surface area contributed by atoms with E-state index in [1.165, 1.54) is 7.11 Å². The lowest BCUT2D eigenvalue weighted by atomic mass is 9.86. The number of ether oxygens (including phenoxy) is 1. The first kappa shape index (κ1) is 13.2. The molecule has 0 saturated heterocycles. The number of nitrogens with zero attached hydrogens (tertiary/aromatic N) is 1. The highest BCUT2D eigenvalue weighted by Crippen LogP contribution is 2.39. The quantitative estimate of drug-likeness (QED) is 0.782. The Balaban J connectivity index is 2.07. The first-order chi connectivity index (χ1) is 10.1. The maximum Gasteiger partial charge on any atom is 0.226 e. The van der Waals surface area contributed by atoms with Crippen molar-refractivity contribution in [1.82, 2.24) is 4.98 Å². The lowest BCUT2D eigenvalue weighted by Crippen LogP contribution is -2.24. The van der Waals surface area contributed by atoms with Crippen LogP contribution in [0.1, 0.15) is 23.5 Å². The van der Waals surface area contributed by atoms with E-state index < -0.39 is 0 Å². The number of carbonyl (C=O) groups is 1. The van der Waals surface area contributed by atoms with Gasteiger partial charge in [0.2, 0.25) is 5.91 Å². The van der Waals surface area contributed by atoms with Crippen molar-refractivity contribution in [2.75, 3.05) is 18.2 Å². The van der Waals surface area contributed by atoms with Gasteiger partial charge in [-0.15, -0.1) is 0 Å². The maximum atomic E-state index is 11.8. The third kappa shape index (κ3) is 2.35. The molecule has 1 aromatic heterocycles. The van der Waals surface area contributed by atoms with Gasteiger partial charge in [-0.2, -0.15) is 0 Å². The van der Waals surface area contributed by atoms with Crippen LogP contribution in [0.15, 0.2) is 30.3 Å². The molecule has 1 amide bonds. The molecule has 2 aromatic rings. The molecule has 1 aliphatic rings. The van der Waals surface area contributed by atoms with Gasteiger partial charge < -0.3 is 20.9 Å². The summed E-state index contributed by atoms with van der Waals surface area (Å²) in [6.45, 7) is 0. The Kier molecular flexibility index (Phi) is 3.13. The van der Waals surface area contributed by atoms with Crippen LogP contribution in [0.4, 0.5) is 11.6 Å². The zero-order valence-electron chi connectivity index (χ0n) is 11.5. The minimum Gasteiger partial charge on any atom is -0.504 e. The van der Waals surface area contributed by atoms with E-state index in [2.05, 4.69) is 10.3 Å². The van der Waals surface area contributed by atoms with Gasteiger partial charge in [0.25, 0.3) is 0 Å². The second-order valence-corrected chi connectivity index (χ2v) is 4.91. The molecule has 2 heterocycles. The van der Waals surface area contributed by atoms with Gasteiger partial charge in [-0.25, -0.2) is 4.98 Å². The van der Waals surface area contributed by atoms with E-state index >= 15 is 0 Å². The number of anilines is 2. The van der Waals surface area contributed by atoms with Crippen LogP contribution in [-0.4, -0.2) is 23.1 Å². The number of phenols is 1. The number of phenolic OH excluding ortho intramolecular Hbond substituents is 1. The van der Waals surface area contributed by atoms with Crippen LogP contribution >= 0.6 is 0 Å². The van der Waals surface area contributed by atoms with Gasteiger partial charge in [0.05, 0.1) is 7.11 Å². The summed E-state index contributed by atoms with van der Waals surface area (Å²) in [7, 11) is 1.49. The Morgan fingerprint density at radius 2 is 2.19 bits per heavy atom. The summed E-state index contributed by atoms with van der Waals surface area (Å²) in [5, 5.41) is 12.6. The highest BCUT2D eigenvalue weighted by atomic mass is 16.5. The fourth-order valence-electron chi connectivity index (χ4n) is 2.57. The molecular formula is C15H15N3O3. The number of carbonyl (C=O) groups excluding carboxylic acids is 1. The largest absolute Gasteiger partial charge is 0.504 e. The van der Waals surface area contributed by atoms with Crippen molar-refractivity contribution in [3.05, 3.63) is 41.5 Å². The average molecular weight is 285 g/mol. The van der Waals surface area contributed by atoms with E-state index in [1.807, 2.05) is 12.1 Å². The number of methoxy groups -OCH3 is 1. The molecule has 6 nitrogen and oxygen atoms in total. The van der Waals surface area contributed by atoms with Crippen molar-refractivity contribution in [2.45, 2.75) is 12.3 Å². The molecule has 6 heteroatoms. The van der Waals surface area contributed by atoms with E-state index in [0.717, 1.165) is 11.1 Å². The number of benzene rings is 1. The number of amides is 1. The molecule has 1 atom stereocenters. The van der Waals surface area contributed by atoms with Gasteiger partial charge >= 0.3 is 0 Å². The summed E-state index contributed by atoms with van der Waals surface area (Å²) in [4.78, 5) is 16.0. The van der Waals surface area contributed by atoms with Gasteiger partial charge in [-0.05, 0) is 23.8 Å². The predicted octanol–water partition coefficient (Wildman–Crippen LogP) is 1.85. The number of pyridine rings is 1. The molecule has 0 fully saturated rings.